The van der Waals surface area contributed by atoms with Crippen LogP contribution in [0, 0.1) is 5.92 Å². The van der Waals surface area contributed by atoms with Crippen molar-refractivity contribution in [2.75, 3.05) is 39.6 Å². The zero-order valence-electron chi connectivity index (χ0n) is 62.5. The largest absolute Gasteiger partial charge is 0.472 e. The van der Waals surface area contributed by atoms with Crippen LogP contribution in [0.3, 0.4) is 0 Å². The number of aliphatic hydroxyl groups excluding tert-OH is 1. The number of phosphoric acid groups is 2. The third-order valence-corrected chi connectivity index (χ3v) is 19.9. The first-order chi connectivity index (χ1) is 46.5. The van der Waals surface area contributed by atoms with Crippen LogP contribution in [0.5, 0.6) is 0 Å². The molecule has 0 bridgehead atoms. The number of carbonyl (C=O) groups excluding carboxylic acids is 4. The summed E-state index contributed by atoms with van der Waals surface area (Å²) in [5.41, 5.74) is 0. The Morgan fingerprint density at radius 2 is 0.479 bits per heavy atom. The fourth-order valence-electron chi connectivity index (χ4n) is 11.9. The van der Waals surface area contributed by atoms with Crippen molar-refractivity contribution in [3.05, 3.63) is 0 Å². The lowest BCUT2D eigenvalue weighted by Gasteiger charge is -2.21. The molecule has 5 atom stereocenters. The summed E-state index contributed by atoms with van der Waals surface area (Å²) in [4.78, 5) is 72.8. The maximum absolute atomic E-state index is 13.1. The third kappa shape index (κ3) is 70.5. The van der Waals surface area contributed by atoms with E-state index in [0.29, 0.717) is 25.7 Å². The monoisotopic (exact) mass is 1410 g/mol. The van der Waals surface area contributed by atoms with Crippen LogP contribution in [0.1, 0.15) is 407 Å². The number of aliphatic hydroxyl groups is 1. The minimum atomic E-state index is -4.96. The number of unbranched alkanes of at least 4 members (excludes halogenated alkanes) is 49. The highest BCUT2D eigenvalue weighted by atomic mass is 31.2. The van der Waals surface area contributed by atoms with Crippen LogP contribution >= 0.6 is 15.6 Å². The lowest BCUT2D eigenvalue weighted by atomic mass is 10.0. The van der Waals surface area contributed by atoms with Gasteiger partial charge in [-0.3, -0.25) is 37.3 Å². The molecular weight excluding hydrogens is 1260 g/mol. The second-order valence-electron chi connectivity index (χ2n) is 28.2. The summed E-state index contributed by atoms with van der Waals surface area (Å²) in [6, 6.07) is 0. The van der Waals surface area contributed by atoms with E-state index in [1.165, 1.54) is 231 Å². The van der Waals surface area contributed by atoms with Crippen molar-refractivity contribution in [3.8, 4) is 0 Å². The van der Waals surface area contributed by atoms with E-state index in [4.69, 9.17) is 37.0 Å². The van der Waals surface area contributed by atoms with E-state index >= 15 is 0 Å². The van der Waals surface area contributed by atoms with E-state index in [1.807, 2.05) is 0 Å². The molecule has 0 radical (unpaired) electrons. The molecule has 0 rings (SSSR count). The number of esters is 4. The topological polar surface area (TPSA) is 237 Å². The van der Waals surface area contributed by atoms with Gasteiger partial charge in [0.05, 0.1) is 26.4 Å². The van der Waals surface area contributed by atoms with Gasteiger partial charge in [-0.1, -0.05) is 356 Å². The van der Waals surface area contributed by atoms with Crippen LogP contribution in [-0.2, 0) is 65.4 Å². The SMILES string of the molecule is CCCCCCCCCCCCCCCCCCCC(=O)OC[C@H](COP(=O)(O)OC[C@@H](O)COP(=O)(O)OC[C@@H](COC(=O)CCCCCCCCCCCC)OC(=O)CCCCCCCCCCCCCC)OC(=O)CCCCCCCCCCCCCCCCC(C)C. The third-order valence-electron chi connectivity index (χ3n) is 18.0. The summed E-state index contributed by atoms with van der Waals surface area (Å²) in [5, 5.41) is 10.6. The molecule has 0 saturated carbocycles. The number of hydrogen-bond donors (Lipinski definition) is 3. The van der Waals surface area contributed by atoms with Crippen LogP contribution < -0.4 is 0 Å². The van der Waals surface area contributed by atoms with Gasteiger partial charge in [-0.2, -0.15) is 0 Å². The molecule has 0 aliphatic carbocycles. The molecule has 17 nitrogen and oxygen atoms in total. The molecule has 19 heteroatoms. The molecule has 2 unspecified atom stereocenters. The van der Waals surface area contributed by atoms with Crippen LogP contribution in [0.15, 0.2) is 0 Å². The second-order valence-corrected chi connectivity index (χ2v) is 31.1. The molecule has 96 heavy (non-hydrogen) atoms. The number of ether oxygens (including phenoxy) is 4. The first-order valence-corrected chi connectivity index (χ1v) is 43.1. The van der Waals surface area contributed by atoms with Gasteiger partial charge in [-0.25, -0.2) is 9.13 Å². The lowest BCUT2D eigenvalue weighted by molar-refractivity contribution is -0.161. The van der Waals surface area contributed by atoms with Gasteiger partial charge in [0.15, 0.2) is 12.2 Å². The minimum absolute atomic E-state index is 0.108. The Bertz CT molecular complexity index is 1840. The average Bonchev–Trinajstić information content (AvgIpc) is 1.20. The molecule has 0 aliphatic heterocycles. The Kier molecular flexibility index (Phi) is 68.7. The average molecular weight is 1410 g/mol. The predicted octanol–water partition coefficient (Wildman–Crippen LogP) is 22.9. The van der Waals surface area contributed by atoms with E-state index in [0.717, 1.165) is 95.8 Å². The maximum Gasteiger partial charge on any atom is 0.472 e. The van der Waals surface area contributed by atoms with E-state index in [2.05, 4.69) is 34.6 Å². The van der Waals surface area contributed by atoms with Gasteiger partial charge in [0.2, 0.25) is 0 Å². The minimum Gasteiger partial charge on any atom is -0.462 e. The molecule has 0 aromatic heterocycles. The first kappa shape index (κ1) is 94.1. The Morgan fingerprint density at radius 3 is 0.708 bits per heavy atom. The van der Waals surface area contributed by atoms with E-state index in [-0.39, 0.29) is 25.7 Å². The molecule has 0 aliphatic rings. The number of rotatable bonds is 77. The van der Waals surface area contributed by atoms with Crippen molar-refractivity contribution in [1.82, 2.24) is 0 Å². The molecule has 0 fully saturated rings. The molecule has 0 aromatic rings. The molecule has 0 aromatic carbocycles. The lowest BCUT2D eigenvalue weighted by Crippen LogP contribution is -2.30. The van der Waals surface area contributed by atoms with E-state index in [1.54, 1.807) is 0 Å². The van der Waals surface area contributed by atoms with Gasteiger partial charge < -0.3 is 33.8 Å². The molecule has 0 spiro atoms. The maximum atomic E-state index is 13.1. The summed E-state index contributed by atoms with van der Waals surface area (Å²) >= 11 is 0. The Morgan fingerprint density at radius 1 is 0.281 bits per heavy atom. The summed E-state index contributed by atoms with van der Waals surface area (Å²) in [6.45, 7) is 7.32. The zero-order chi connectivity index (χ0) is 70.5. The Balaban J connectivity index is 5.23. The van der Waals surface area contributed by atoms with Crippen LogP contribution in [0.25, 0.3) is 0 Å². The standard InChI is InChI=1S/C77H150O17P2/c1-6-9-12-15-18-21-24-26-27-28-29-33-37-41-46-51-56-61-75(80)88-67-73(94-77(82)63-58-53-48-43-38-34-31-30-32-35-39-44-49-54-59-70(4)5)69-92-96(85,86)90-65-71(78)64-89-95(83,84)91-68-72(66-87-74(79)60-55-50-45-40-23-20-17-14-11-8-3)93-76(81)62-57-52-47-42-36-25-22-19-16-13-10-7-2/h70-73,78H,6-69H2,1-5H3,(H,83,84)(H,85,86)/t71-,72+,73+/m0/s1. The quantitative estimate of drug-likeness (QED) is 0.0222. The molecule has 0 amide bonds. The van der Waals surface area contributed by atoms with Crippen molar-refractivity contribution in [1.29, 1.82) is 0 Å². The normalized spacial score (nSPS) is 13.9. The number of phosphoric ester groups is 2. The van der Waals surface area contributed by atoms with Crippen molar-refractivity contribution >= 4 is 39.5 Å². The highest BCUT2D eigenvalue weighted by molar-refractivity contribution is 7.47. The van der Waals surface area contributed by atoms with Gasteiger partial charge in [-0.15, -0.1) is 0 Å². The molecule has 0 heterocycles. The van der Waals surface area contributed by atoms with Crippen molar-refractivity contribution in [2.24, 2.45) is 5.92 Å². The van der Waals surface area contributed by atoms with Gasteiger partial charge in [0.1, 0.15) is 19.3 Å². The van der Waals surface area contributed by atoms with E-state index in [9.17, 15) is 43.2 Å². The first-order valence-electron chi connectivity index (χ1n) is 40.1. The molecule has 0 saturated heterocycles. The van der Waals surface area contributed by atoms with Crippen LogP contribution in [-0.4, -0.2) is 96.7 Å². The van der Waals surface area contributed by atoms with Crippen LogP contribution in [0.2, 0.25) is 0 Å². The zero-order valence-corrected chi connectivity index (χ0v) is 64.3. The van der Waals surface area contributed by atoms with Crippen LogP contribution in [0.4, 0.5) is 0 Å². The predicted molar refractivity (Wildman–Crippen MR) is 391 cm³/mol. The second kappa shape index (κ2) is 70.1. The molecular formula is C77H150O17P2. The fraction of sp³-hybridized carbons (Fsp3) is 0.948. The van der Waals surface area contributed by atoms with Crippen molar-refractivity contribution in [2.45, 2.75) is 425 Å². The summed E-state index contributed by atoms with van der Waals surface area (Å²) in [6.07, 6.45) is 59.5. The molecule has 3 N–H and O–H groups in total. The Hall–Kier alpha value is -1.94. The van der Waals surface area contributed by atoms with Gasteiger partial charge in [0, 0.05) is 25.7 Å². The van der Waals surface area contributed by atoms with Crippen molar-refractivity contribution < 1.29 is 80.2 Å². The van der Waals surface area contributed by atoms with Gasteiger partial charge >= 0.3 is 39.5 Å². The number of hydrogen-bond acceptors (Lipinski definition) is 15. The summed E-state index contributed by atoms with van der Waals surface area (Å²) in [5.74, 6) is -1.32. The van der Waals surface area contributed by atoms with Crippen molar-refractivity contribution in [3.63, 3.8) is 0 Å². The molecule has 570 valence electrons. The smallest absolute Gasteiger partial charge is 0.462 e. The summed E-state index contributed by atoms with van der Waals surface area (Å²) in [7, 11) is -9.91. The highest BCUT2D eigenvalue weighted by Crippen LogP contribution is 2.45. The number of carbonyl (C=O) groups is 4. The highest BCUT2D eigenvalue weighted by Gasteiger charge is 2.30. The summed E-state index contributed by atoms with van der Waals surface area (Å²) < 4.78 is 68.6. The van der Waals surface area contributed by atoms with E-state index < -0.39 is 97.5 Å². The van der Waals surface area contributed by atoms with Gasteiger partial charge in [0.25, 0.3) is 0 Å². The Labute approximate surface area is 588 Å². The van der Waals surface area contributed by atoms with Gasteiger partial charge in [-0.05, 0) is 31.6 Å². The fourth-order valence-corrected chi connectivity index (χ4v) is 13.5.